The van der Waals surface area contributed by atoms with Gasteiger partial charge in [-0.1, -0.05) is 77.5 Å². The number of carbonyl (C=O) groups is 1. The van der Waals surface area contributed by atoms with E-state index in [0.29, 0.717) is 16.6 Å². The number of ether oxygens (including phenoxy) is 1. The van der Waals surface area contributed by atoms with Crippen LogP contribution in [0.3, 0.4) is 0 Å². The molecule has 6 nitrogen and oxygen atoms in total. The highest BCUT2D eigenvalue weighted by atomic mass is 35.5. The lowest BCUT2D eigenvalue weighted by Gasteiger charge is -2.14. The van der Waals surface area contributed by atoms with Crippen LogP contribution in [0, 0.1) is 13.8 Å². The third-order valence-electron chi connectivity index (χ3n) is 5.12. The molecule has 0 saturated heterocycles. The molecule has 0 saturated carbocycles. The number of para-hydroxylation sites is 1. The van der Waals surface area contributed by atoms with E-state index in [9.17, 15) is 4.79 Å². The Morgan fingerprint density at radius 2 is 1.85 bits per heavy atom. The fraction of sp³-hybridized carbons (Fsp3) is 0.192. The van der Waals surface area contributed by atoms with Gasteiger partial charge in [0, 0.05) is 10.8 Å². The second-order valence-corrected chi connectivity index (χ2v) is 9.20. The molecule has 4 aromatic rings. The van der Waals surface area contributed by atoms with Crippen LogP contribution in [0.2, 0.25) is 5.02 Å². The minimum absolute atomic E-state index is 0.0801. The van der Waals surface area contributed by atoms with E-state index in [1.807, 2.05) is 60.0 Å². The Morgan fingerprint density at radius 1 is 1.03 bits per heavy atom. The first-order valence-electron chi connectivity index (χ1n) is 10.8. The van der Waals surface area contributed by atoms with Gasteiger partial charge in [-0.25, -0.2) is 0 Å². The predicted molar refractivity (Wildman–Crippen MR) is 136 cm³/mol. The molecule has 4 rings (SSSR count). The van der Waals surface area contributed by atoms with Crippen molar-refractivity contribution in [2.45, 2.75) is 31.3 Å². The first-order valence-corrected chi connectivity index (χ1v) is 12.2. The average Bonchev–Trinajstić information content (AvgIpc) is 3.25. The van der Waals surface area contributed by atoms with E-state index < -0.39 is 0 Å². The summed E-state index contributed by atoms with van der Waals surface area (Å²) in [5, 5.41) is 13.0. The summed E-state index contributed by atoms with van der Waals surface area (Å²) in [7, 11) is 0. The molecule has 0 bridgehead atoms. The number of nitrogens with one attached hydrogen (secondary N) is 1. The standard InChI is InChI=1S/C26H25ClN4O2S/c1-18-7-6-8-20(13-18)17-34-26-30-29-24(31(26)23-14-21(27)12-11-19(23)2)15-28-25(32)16-33-22-9-4-3-5-10-22/h3-14H,15-17H2,1-2H3,(H,28,32). The molecule has 0 spiro atoms. The Morgan fingerprint density at radius 3 is 2.65 bits per heavy atom. The van der Waals surface area contributed by atoms with Gasteiger partial charge in [0.2, 0.25) is 0 Å². The molecule has 3 aromatic carbocycles. The van der Waals surface area contributed by atoms with Crippen molar-refractivity contribution < 1.29 is 9.53 Å². The van der Waals surface area contributed by atoms with Crippen LogP contribution in [0.1, 0.15) is 22.5 Å². The second kappa shape index (κ2) is 11.2. The van der Waals surface area contributed by atoms with E-state index in [1.54, 1.807) is 11.8 Å². The van der Waals surface area contributed by atoms with Gasteiger partial charge in [-0.3, -0.25) is 9.36 Å². The zero-order chi connectivity index (χ0) is 23.9. The topological polar surface area (TPSA) is 69.0 Å². The number of nitrogens with zero attached hydrogens (tertiary/aromatic N) is 3. The first-order chi connectivity index (χ1) is 16.5. The van der Waals surface area contributed by atoms with Crippen molar-refractivity contribution in [1.82, 2.24) is 20.1 Å². The molecule has 0 radical (unpaired) electrons. The van der Waals surface area contributed by atoms with Crippen LogP contribution >= 0.6 is 23.4 Å². The Bertz CT molecular complexity index is 1280. The number of hydrogen-bond acceptors (Lipinski definition) is 5. The largest absolute Gasteiger partial charge is 0.484 e. The van der Waals surface area contributed by atoms with E-state index in [2.05, 4.69) is 46.7 Å². The van der Waals surface area contributed by atoms with E-state index >= 15 is 0 Å². The maximum Gasteiger partial charge on any atom is 0.258 e. The molecule has 0 aliphatic carbocycles. The van der Waals surface area contributed by atoms with Gasteiger partial charge in [0.05, 0.1) is 12.2 Å². The normalized spacial score (nSPS) is 10.8. The van der Waals surface area contributed by atoms with Crippen molar-refractivity contribution in [3.05, 3.63) is 100 Å². The highest BCUT2D eigenvalue weighted by Gasteiger charge is 2.17. The fourth-order valence-corrected chi connectivity index (χ4v) is 4.49. The molecule has 174 valence electrons. The van der Waals surface area contributed by atoms with Crippen molar-refractivity contribution in [3.8, 4) is 11.4 Å². The Balaban J connectivity index is 1.52. The quantitative estimate of drug-likeness (QED) is 0.311. The molecule has 1 heterocycles. The van der Waals surface area contributed by atoms with Crippen LogP contribution in [0.25, 0.3) is 5.69 Å². The summed E-state index contributed by atoms with van der Waals surface area (Å²) in [6, 6.07) is 23.3. The molecule has 0 aliphatic rings. The monoisotopic (exact) mass is 492 g/mol. The third-order valence-corrected chi connectivity index (χ3v) is 6.35. The number of aryl methyl sites for hydroxylation is 2. The molecule has 0 aliphatic heterocycles. The number of thioether (sulfide) groups is 1. The maximum absolute atomic E-state index is 12.4. The summed E-state index contributed by atoms with van der Waals surface area (Å²) >= 11 is 7.90. The second-order valence-electron chi connectivity index (χ2n) is 7.82. The van der Waals surface area contributed by atoms with Crippen LogP contribution in [-0.2, 0) is 17.1 Å². The molecule has 1 N–H and O–H groups in total. The predicted octanol–water partition coefficient (Wildman–Crippen LogP) is 5.53. The van der Waals surface area contributed by atoms with Crippen molar-refractivity contribution >= 4 is 29.3 Å². The molecule has 0 atom stereocenters. The lowest BCUT2D eigenvalue weighted by Crippen LogP contribution is -2.29. The molecule has 0 unspecified atom stereocenters. The van der Waals surface area contributed by atoms with Crippen molar-refractivity contribution in [2.75, 3.05) is 6.61 Å². The molecule has 1 aromatic heterocycles. The number of amides is 1. The number of rotatable bonds is 9. The van der Waals surface area contributed by atoms with E-state index in [1.165, 1.54) is 11.1 Å². The zero-order valence-corrected chi connectivity index (χ0v) is 20.6. The van der Waals surface area contributed by atoms with Gasteiger partial charge in [0.25, 0.3) is 5.91 Å². The van der Waals surface area contributed by atoms with Crippen LogP contribution in [0.15, 0.2) is 78.0 Å². The molecule has 0 fully saturated rings. The van der Waals surface area contributed by atoms with E-state index in [-0.39, 0.29) is 19.1 Å². The van der Waals surface area contributed by atoms with Crippen LogP contribution in [0.4, 0.5) is 0 Å². The van der Waals surface area contributed by atoms with Gasteiger partial charge >= 0.3 is 0 Å². The van der Waals surface area contributed by atoms with Gasteiger partial charge in [0.1, 0.15) is 5.75 Å². The van der Waals surface area contributed by atoms with Crippen LogP contribution in [-0.4, -0.2) is 27.3 Å². The lowest BCUT2D eigenvalue weighted by molar-refractivity contribution is -0.123. The number of aromatic nitrogens is 3. The van der Waals surface area contributed by atoms with Gasteiger partial charge in [-0.15, -0.1) is 10.2 Å². The minimum Gasteiger partial charge on any atom is -0.484 e. The van der Waals surface area contributed by atoms with E-state index in [0.717, 1.165) is 22.2 Å². The smallest absolute Gasteiger partial charge is 0.258 e. The number of hydrogen-bond donors (Lipinski definition) is 1. The Labute approximate surface area is 208 Å². The summed E-state index contributed by atoms with van der Waals surface area (Å²) in [6.45, 7) is 4.22. The van der Waals surface area contributed by atoms with Crippen LogP contribution in [0.5, 0.6) is 5.75 Å². The molecule has 1 amide bonds. The average molecular weight is 493 g/mol. The van der Waals surface area contributed by atoms with Crippen molar-refractivity contribution in [3.63, 3.8) is 0 Å². The van der Waals surface area contributed by atoms with E-state index in [4.69, 9.17) is 16.3 Å². The van der Waals surface area contributed by atoms with Crippen molar-refractivity contribution in [2.24, 2.45) is 0 Å². The number of halogens is 1. The lowest BCUT2D eigenvalue weighted by atomic mass is 10.2. The summed E-state index contributed by atoms with van der Waals surface area (Å²) in [4.78, 5) is 12.4. The Kier molecular flexibility index (Phi) is 7.87. The molecular weight excluding hydrogens is 468 g/mol. The summed E-state index contributed by atoms with van der Waals surface area (Å²) in [5.74, 6) is 1.77. The number of benzene rings is 3. The summed E-state index contributed by atoms with van der Waals surface area (Å²) < 4.78 is 7.49. The molecule has 34 heavy (non-hydrogen) atoms. The van der Waals surface area contributed by atoms with Crippen LogP contribution < -0.4 is 10.1 Å². The first kappa shape index (κ1) is 23.9. The summed E-state index contributed by atoms with van der Waals surface area (Å²) in [5.41, 5.74) is 4.33. The highest BCUT2D eigenvalue weighted by Crippen LogP contribution is 2.28. The highest BCUT2D eigenvalue weighted by molar-refractivity contribution is 7.98. The minimum atomic E-state index is -0.241. The third kappa shape index (κ3) is 6.18. The fourth-order valence-electron chi connectivity index (χ4n) is 3.42. The Hall–Kier alpha value is -3.29. The molecule has 8 heteroatoms. The van der Waals surface area contributed by atoms with Gasteiger partial charge < -0.3 is 10.1 Å². The SMILES string of the molecule is Cc1cccc(CSc2nnc(CNC(=O)COc3ccccc3)n2-c2cc(Cl)ccc2C)c1. The zero-order valence-electron chi connectivity index (χ0n) is 19.0. The van der Waals surface area contributed by atoms with Gasteiger partial charge in [0.15, 0.2) is 17.6 Å². The number of carbonyl (C=O) groups excluding carboxylic acids is 1. The maximum atomic E-state index is 12.4. The summed E-state index contributed by atoms with van der Waals surface area (Å²) in [6.07, 6.45) is 0. The molecular formula is C26H25ClN4O2S. The van der Waals surface area contributed by atoms with Gasteiger partial charge in [-0.05, 0) is 49.2 Å². The van der Waals surface area contributed by atoms with Gasteiger partial charge in [-0.2, -0.15) is 0 Å². The van der Waals surface area contributed by atoms with Crippen molar-refractivity contribution in [1.29, 1.82) is 0 Å².